The Kier molecular flexibility index (Phi) is 4.27. The largest absolute Gasteiger partial charge is 0.496 e. The fourth-order valence-corrected chi connectivity index (χ4v) is 2.82. The van der Waals surface area contributed by atoms with Crippen molar-refractivity contribution in [3.63, 3.8) is 0 Å². The number of hydrogen-bond acceptors (Lipinski definition) is 3. The first kappa shape index (κ1) is 14.1. The van der Waals surface area contributed by atoms with E-state index in [0.29, 0.717) is 6.54 Å². The molecule has 4 nitrogen and oxygen atoms in total. The van der Waals surface area contributed by atoms with Gasteiger partial charge in [0.15, 0.2) is 0 Å². The second kappa shape index (κ2) is 5.75. The van der Waals surface area contributed by atoms with Crippen LogP contribution in [0.15, 0.2) is 22.7 Å². The van der Waals surface area contributed by atoms with E-state index in [1.54, 1.807) is 7.11 Å². The Hall–Kier alpha value is -1.33. The number of halogens is 1. The van der Waals surface area contributed by atoms with E-state index in [-0.39, 0.29) is 0 Å². The zero-order valence-electron chi connectivity index (χ0n) is 11.4. The van der Waals surface area contributed by atoms with Crippen molar-refractivity contribution in [1.29, 1.82) is 0 Å². The SMILES string of the molecule is COc1ccc(-c2c(C)c(CCN)nn2C)cc1Br. The third-order valence-corrected chi connectivity index (χ3v) is 3.81. The highest BCUT2D eigenvalue weighted by Crippen LogP contribution is 2.32. The van der Waals surface area contributed by atoms with Gasteiger partial charge >= 0.3 is 0 Å². The van der Waals surface area contributed by atoms with E-state index >= 15 is 0 Å². The first-order chi connectivity index (χ1) is 9.08. The van der Waals surface area contributed by atoms with Crippen molar-refractivity contribution in [2.75, 3.05) is 13.7 Å². The van der Waals surface area contributed by atoms with E-state index in [1.165, 1.54) is 5.56 Å². The van der Waals surface area contributed by atoms with Crippen LogP contribution in [0.2, 0.25) is 0 Å². The van der Waals surface area contributed by atoms with Crippen LogP contribution >= 0.6 is 15.9 Å². The third-order valence-electron chi connectivity index (χ3n) is 3.19. The number of nitrogens with zero attached hydrogens (tertiary/aromatic N) is 2. The smallest absolute Gasteiger partial charge is 0.133 e. The Labute approximate surface area is 121 Å². The minimum atomic E-state index is 0.615. The van der Waals surface area contributed by atoms with E-state index in [4.69, 9.17) is 10.5 Å². The number of benzene rings is 1. The maximum atomic E-state index is 5.62. The molecule has 0 aliphatic rings. The van der Waals surface area contributed by atoms with Crippen LogP contribution in [0.25, 0.3) is 11.3 Å². The highest BCUT2D eigenvalue weighted by molar-refractivity contribution is 9.10. The molecule has 0 saturated carbocycles. The maximum absolute atomic E-state index is 5.62. The van der Waals surface area contributed by atoms with Gasteiger partial charge in [0.1, 0.15) is 5.75 Å². The molecule has 0 fully saturated rings. The summed E-state index contributed by atoms with van der Waals surface area (Å²) in [5.74, 6) is 0.825. The number of ether oxygens (including phenoxy) is 1. The number of rotatable bonds is 4. The van der Waals surface area contributed by atoms with E-state index in [0.717, 1.165) is 33.6 Å². The minimum Gasteiger partial charge on any atom is -0.496 e. The van der Waals surface area contributed by atoms with Crippen LogP contribution < -0.4 is 10.5 Å². The summed E-state index contributed by atoms with van der Waals surface area (Å²) in [5.41, 5.74) is 10.1. The predicted molar refractivity (Wildman–Crippen MR) is 80.4 cm³/mol. The van der Waals surface area contributed by atoms with Gasteiger partial charge in [-0.2, -0.15) is 5.10 Å². The molecule has 102 valence electrons. The molecule has 0 atom stereocenters. The van der Waals surface area contributed by atoms with Crippen LogP contribution in [0.4, 0.5) is 0 Å². The van der Waals surface area contributed by atoms with Crippen molar-refractivity contribution >= 4 is 15.9 Å². The van der Waals surface area contributed by atoms with Gasteiger partial charge in [-0.15, -0.1) is 0 Å². The van der Waals surface area contributed by atoms with Gasteiger partial charge in [-0.3, -0.25) is 4.68 Å². The molecule has 0 aliphatic heterocycles. The molecule has 0 bridgehead atoms. The van der Waals surface area contributed by atoms with Crippen LogP contribution in [-0.2, 0) is 13.5 Å². The monoisotopic (exact) mass is 323 g/mol. The maximum Gasteiger partial charge on any atom is 0.133 e. The summed E-state index contributed by atoms with van der Waals surface area (Å²) in [5, 5.41) is 4.54. The lowest BCUT2D eigenvalue weighted by atomic mass is 10.1. The van der Waals surface area contributed by atoms with E-state index in [1.807, 2.05) is 23.9 Å². The Bertz CT molecular complexity index is 593. The first-order valence-corrected chi connectivity index (χ1v) is 6.94. The Morgan fingerprint density at radius 3 is 2.74 bits per heavy atom. The van der Waals surface area contributed by atoms with Gasteiger partial charge in [-0.05, 0) is 53.2 Å². The molecule has 5 heteroatoms. The Morgan fingerprint density at radius 1 is 1.42 bits per heavy atom. The molecule has 0 spiro atoms. The molecule has 1 heterocycles. The number of aromatic nitrogens is 2. The first-order valence-electron chi connectivity index (χ1n) is 6.15. The van der Waals surface area contributed by atoms with Crippen LogP contribution in [-0.4, -0.2) is 23.4 Å². The zero-order valence-corrected chi connectivity index (χ0v) is 13.0. The van der Waals surface area contributed by atoms with Crippen molar-refractivity contribution in [2.24, 2.45) is 12.8 Å². The number of methoxy groups -OCH3 is 1. The molecule has 2 rings (SSSR count). The topological polar surface area (TPSA) is 53.1 Å². The zero-order chi connectivity index (χ0) is 14.0. The van der Waals surface area contributed by atoms with Gasteiger partial charge in [0.25, 0.3) is 0 Å². The molecule has 0 unspecified atom stereocenters. The predicted octanol–water partition coefficient (Wildman–Crippen LogP) is 2.67. The molecule has 0 saturated heterocycles. The van der Waals surface area contributed by atoms with Gasteiger partial charge in [-0.1, -0.05) is 0 Å². The van der Waals surface area contributed by atoms with Crippen molar-refractivity contribution < 1.29 is 4.74 Å². The Balaban J connectivity index is 2.49. The summed E-state index contributed by atoms with van der Waals surface area (Å²) in [4.78, 5) is 0. The van der Waals surface area contributed by atoms with Crippen molar-refractivity contribution in [2.45, 2.75) is 13.3 Å². The number of hydrogen-bond donors (Lipinski definition) is 1. The fraction of sp³-hybridized carbons (Fsp3) is 0.357. The van der Waals surface area contributed by atoms with E-state index in [9.17, 15) is 0 Å². The lowest BCUT2D eigenvalue weighted by molar-refractivity contribution is 0.412. The molecule has 19 heavy (non-hydrogen) atoms. The quantitative estimate of drug-likeness (QED) is 0.941. The Morgan fingerprint density at radius 2 is 2.16 bits per heavy atom. The normalized spacial score (nSPS) is 10.8. The van der Waals surface area contributed by atoms with Gasteiger partial charge < -0.3 is 10.5 Å². The molecule has 1 aromatic heterocycles. The molecule has 2 N–H and O–H groups in total. The summed E-state index contributed by atoms with van der Waals surface area (Å²) in [7, 11) is 3.62. The van der Waals surface area contributed by atoms with Crippen LogP contribution in [0, 0.1) is 6.92 Å². The summed E-state index contributed by atoms with van der Waals surface area (Å²) in [6.45, 7) is 2.70. The highest BCUT2D eigenvalue weighted by Gasteiger charge is 2.14. The molecule has 0 aliphatic carbocycles. The lowest BCUT2D eigenvalue weighted by Crippen LogP contribution is -2.04. The molecule has 2 aromatic rings. The molecule has 0 radical (unpaired) electrons. The molecule has 0 amide bonds. The molecule has 1 aromatic carbocycles. The minimum absolute atomic E-state index is 0.615. The van der Waals surface area contributed by atoms with Gasteiger partial charge in [-0.25, -0.2) is 0 Å². The number of aryl methyl sites for hydroxylation is 1. The second-order valence-electron chi connectivity index (χ2n) is 4.43. The standard InChI is InChI=1S/C14H18BrN3O/c1-9-12(6-7-16)17-18(2)14(9)10-4-5-13(19-3)11(15)8-10/h4-5,8H,6-7,16H2,1-3H3. The molecular formula is C14H18BrN3O. The summed E-state index contributed by atoms with van der Waals surface area (Å²) >= 11 is 3.52. The van der Waals surface area contributed by atoms with E-state index < -0.39 is 0 Å². The van der Waals surface area contributed by atoms with Gasteiger partial charge in [0.2, 0.25) is 0 Å². The second-order valence-corrected chi connectivity index (χ2v) is 5.29. The van der Waals surface area contributed by atoms with Crippen molar-refractivity contribution in [1.82, 2.24) is 9.78 Å². The summed E-state index contributed by atoms with van der Waals surface area (Å²) in [6.07, 6.45) is 0.803. The highest BCUT2D eigenvalue weighted by atomic mass is 79.9. The van der Waals surface area contributed by atoms with E-state index in [2.05, 4.69) is 34.0 Å². The van der Waals surface area contributed by atoms with Gasteiger partial charge in [0.05, 0.1) is 23.0 Å². The van der Waals surface area contributed by atoms with Crippen LogP contribution in [0.3, 0.4) is 0 Å². The average molecular weight is 324 g/mol. The molecular weight excluding hydrogens is 306 g/mol. The van der Waals surface area contributed by atoms with Crippen molar-refractivity contribution in [3.05, 3.63) is 33.9 Å². The summed E-state index contributed by atoms with van der Waals surface area (Å²) in [6, 6.07) is 6.05. The fourth-order valence-electron chi connectivity index (χ4n) is 2.28. The average Bonchev–Trinajstić information content (AvgIpc) is 2.65. The van der Waals surface area contributed by atoms with Crippen LogP contribution in [0.5, 0.6) is 5.75 Å². The van der Waals surface area contributed by atoms with Gasteiger partial charge in [0, 0.05) is 19.0 Å². The third kappa shape index (κ3) is 2.67. The summed E-state index contributed by atoms with van der Waals surface area (Å²) < 4.78 is 8.10. The number of nitrogens with two attached hydrogens (primary N) is 1. The lowest BCUT2D eigenvalue weighted by Gasteiger charge is -2.08. The van der Waals surface area contributed by atoms with Crippen LogP contribution in [0.1, 0.15) is 11.3 Å². The van der Waals surface area contributed by atoms with Crippen molar-refractivity contribution in [3.8, 4) is 17.0 Å².